The lowest BCUT2D eigenvalue weighted by molar-refractivity contribution is -0.167. The van der Waals surface area contributed by atoms with Gasteiger partial charge in [-0.15, -0.1) is 0 Å². The summed E-state index contributed by atoms with van der Waals surface area (Å²) in [5.74, 6) is -0.950. The second-order valence-corrected chi connectivity index (χ2v) is 22.0. The van der Waals surface area contributed by atoms with E-state index in [0.29, 0.717) is 19.3 Å². The number of ether oxygens (including phenoxy) is 3. The summed E-state index contributed by atoms with van der Waals surface area (Å²) in [6.45, 7) is 6.37. The van der Waals surface area contributed by atoms with Crippen LogP contribution in [0.25, 0.3) is 0 Å². The molecular formula is C77H124O6. The van der Waals surface area contributed by atoms with E-state index in [1.807, 2.05) is 0 Å². The van der Waals surface area contributed by atoms with Crippen LogP contribution < -0.4 is 0 Å². The monoisotopic (exact) mass is 1140 g/mol. The lowest BCUT2D eigenvalue weighted by Gasteiger charge is -2.18. The van der Waals surface area contributed by atoms with Crippen molar-refractivity contribution in [3.05, 3.63) is 158 Å². The highest BCUT2D eigenvalue weighted by Gasteiger charge is 2.19. The van der Waals surface area contributed by atoms with Crippen molar-refractivity contribution in [3.8, 4) is 0 Å². The molecule has 0 aromatic rings. The highest BCUT2D eigenvalue weighted by atomic mass is 16.6. The summed E-state index contributed by atoms with van der Waals surface area (Å²) in [5.41, 5.74) is 0. The van der Waals surface area contributed by atoms with E-state index >= 15 is 0 Å². The first-order valence-electron chi connectivity index (χ1n) is 34.0. The van der Waals surface area contributed by atoms with Crippen molar-refractivity contribution in [3.63, 3.8) is 0 Å². The van der Waals surface area contributed by atoms with Crippen LogP contribution in [-0.2, 0) is 28.6 Å². The fourth-order valence-electron chi connectivity index (χ4n) is 8.97. The Labute approximate surface area is 511 Å². The number of unbranched alkanes of at least 4 members (excludes halogenated alkanes) is 23. The molecule has 0 aromatic carbocycles. The van der Waals surface area contributed by atoms with Crippen molar-refractivity contribution >= 4 is 17.9 Å². The fourth-order valence-corrected chi connectivity index (χ4v) is 8.97. The van der Waals surface area contributed by atoms with Gasteiger partial charge in [0, 0.05) is 19.3 Å². The topological polar surface area (TPSA) is 78.9 Å². The second kappa shape index (κ2) is 69.5. The van der Waals surface area contributed by atoms with Crippen molar-refractivity contribution in [2.45, 2.75) is 297 Å². The molecule has 0 fully saturated rings. The predicted octanol–water partition coefficient (Wildman–Crippen LogP) is 23.7. The molecule has 0 rings (SSSR count). The van der Waals surface area contributed by atoms with Crippen molar-refractivity contribution in [1.29, 1.82) is 0 Å². The average molecular weight is 1150 g/mol. The largest absolute Gasteiger partial charge is 0.462 e. The molecule has 0 saturated heterocycles. The molecule has 6 nitrogen and oxygen atoms in total. The van der Waals surface area contributed by atoms with E-state index in [0.717, 1.165) is 167 Å². The van der Waals surface area contributed by atoms with E-state index in [1.165, 1.54) is 83.5 Å². The Morgan fingerprint density at radius 1 is 0.253 bits per heavy atom. The van der Waals surface area contributed by atoms with Crippen LogP contribution in [0.15, 0.2) is 158 Å². The van der Waals surface area contributed by atoms with Crippen molar-refractivity contribution < 1.29 is 28.6 Å². The summed E-state index contributed by atoms with van der Waals surface area (Å²) in [5, 5.41) is 0. The number of hydrogen-bond acceptors (Lipinski definition) is 6. The standard InChI is InChI=1S/C77H124O6/c1-4-7-10-13-16-19-22-25-28-31-34-37-38-41-43-46-49-52-55-58-61-64-67-70-76(79)82-73-74(83-77(80)71-68-65-62-59-56-53-50-47-44-40-36-33-30-27-24-21-18-15-12-9-6-3)72-81-75(78)69-66-63-60-57-54-51-48-45-42-39-35-32-29-26-23-20-17-14-11-8-5-2/h7,9-10,12,16,18-19,21,23,25-28,30,32,34-37,40-41,43,47,49-50,52,74H,4-6,8,11,13-15,17,20,22,24,29,31,33,38-39,42,44-46,48,51,53-73H2,1-3H3/b10-7-,12-9-,19-16-,21-18-,26-23-,28-25-,30-27-,35-32-,37-34-,40-36-,43-41-,50-47-,52-49-. The van der Waals surface area contributed by atoms with E-state index in [9.17, 15) is 14.4 Å². The van der Waals surface area contributed by atoms with Gasteiger partial charge in [0.1, 0.15) is 13.2 Å². The number of esters is 3. The van der Waals surface area contributed by atoms with Gasteiger partial charge in [0.25, 0.3) is 0 Å². The van der Waals surface area contributed by atoms with Crippen LogP contribution in [0.5, 0.6) is 0 Å². The molecule has 0 bridgehead atoms. The van der Waals surface area contributed by atoms with Crippen LogP contribution >= 0.6 is 0 Å². The SMILES string of the molecule is CC/C=C\C/C=C\C/C=C\C/C=C\C/C=C\C/C=C\CCCCCCC(=O)OCC(COC(=O)CCCCCCCCCCC/C=C\C/C=C\CCCCCCC)OC(=O)CCCCCCC/C=C\C/C=C\C/C=C\C/C=C\C/C=C\CC. The zero-order chi connectivity index (χ0) is 59.9. The van der Waals surface area contributed by atoms with Crippen LogP contribution in [0.1, 0.15) is 290 Å². The second-order valence-electron chi connectivity index (χ2n) is 22.0. The Morgan fingerprint density at radius 3 is 0.735 bits per heavy atom. The van der Waals surface area contributed by atoms with E-state index in [1.54, 1.807) is 0 Å². The lowest BCUT2D eigenvalue weighted by Crippen LogP contribution is -2.30. The third kappa shape index (κ3) is 67.7. The van der Waals surface area contributed by atoms with E-state index in [2.05, 4.69) is 179 Å². The molecule has 0 spiro atoms. The van der Waals surface area contributed by atoms with Crippen LogP contribution in [0.3, 0.4) is 0 Å². The number of carbonyl (C=O) groups excluding carboxylic acids is 3. The normalized spacial score (nSPS) is 13.1. The first-order valence-corrected chi connectivity index (χ1v) is 34.0. The van der Waals surface area contributed by atoms with Crippen LogP contribution in [0.2, 0.25) is 0 Å². The van der Waals surface area contributed by atoms with Gasteiger partial charge in [-0.1, -0.05) is 281 Å². The summed E-state index contributed by atoms with van der Waals surface area (Å²) in [4.78, 5) is 38.5. The Hall–Kier alpha value is -4.97. The number of hydrogen-bond donors (Lipinski definition) is 0. The summed E-state index contributed by atoms with van der Waals surface area (Å²) in [6.07, 6.45) is 101. The van der Waals surface area contributed by atoms with Crippen LogP contribution in [0.4, 0.5) is 0 Å². The Kier molecular flexibility index (Phi) is 65.4. The van der Waals surface area contributed by atoms with Gasteiger partial charge in [0.2, 0.25) is 0 Å². The quantitative estimate of drug-likeness (QED) is 0.0261. The maximum atomic E-state index is 13.0. The molecule has 1 unspecified atom stereocenters. The van der Waals surface area contributed by atoms with E-state index < -0.39 is 6.10 Å². The van der Waals surface area contributed by atoms with Gasteiger partial charge >= 0.3 is 17.9 Å². The summed E-state index contributed by atoms with van der Waals surface area (Å²) in [6, 6.07) is 0. The van der Waals surface area contributed by atoms with Crippen molar-refractivity contribution in [1.82, 2.24) is 0 Å². The maximum absolute atomic E-state index is 13.0. The Morgan fingerprint density at radius 2 is 0.470 bits per heavy atom. The number of rotatable bonds is 60. The minimum atomic E-state index is -0.812. The van der Waals surface area contributed by atoms with E-state index in [-0.39, 0.29) is 31.1 Å². The highest BCUT2D eigenvalue weighted by Crippen LogP contribution is 2.15. The lowest BCUT2D eigenvalue weighted by atomic mass is 10.1. The molecule has 468 valence electrons. The molecule has 0 amide bonds. The first kappa shape index (κ1) is 78.0. The minimum absolute atomic E-state index is 0.103. The summed E-state index contributed by atoms with van der Waals surface area (Å²) >= 11 is 0. The molecule has 0 radical (unpaired) electrons. The van der Waals surface area contributed by atoms with Crippen LogP contribution in [0, 0.1) is 0 Å². The number of carbonyl (C=O) groups is 3. The van der Waals surface area contributed by atoms with Gasteiger partial charge in [-0.25, -0.2) is 0 Å². The summed E-state index contributed by atoms with van der Waals surface area (Å²) < 4.78 is 16.9. The minimum Gasteiger partial charge on any atom is -0.462 e. The molecule has 6 heteroatoms. The molecule has 0 aliphatic heterocycles. The van der Waals surface area contributed by atoms with Gasteiger partial charge in [-0.05, 0) is 148 Å². The number of allylic oxidation sites excluding steroid dienone is 26. The van der Waals surface area contributed by atoms with Gasteiger partial charge < -0.3 is 14.2 Å². The van der Waals surface area contributed by atoms with Gasteiger partial charge in [0.05, 0.1) is 0 Å². The zero-order valence-corrected chi connectivity index (χ0v) is 53.7. The Balaban J connectivity index is 4.52. The molecule has 0 N–H and O–H groups in total. The average Bonchev–Trinajstić information content (AvgIpc) is 3.49. The molecule has 83 heavy (non-hydrogen) atoms. The predicted molar refractivity (Wildman–Crippen MR) is 362 cm³/mol. The van der Waals surface area contributed by atoms with Crippen molar-refractivity contribution in [2.24, 2.45) is 0 Å². The highest BCUT2D eigenvalue weighted by molar-refractivity contribution is 5.71. The molecule has 0 heterocycles. The van der Waals surface area contributed by atoms with Crippen LogP contribution in [-0.4, -0.2) is 37.2 Å². The molecular weight excluding hydrogens is 1020 g/mol. The zero-order valence-electron chi connectivity index (χ0n) is 53.7. The summed E-state index contributed by atoms with van der Waals surface area (Å²) in [7, 11) is 0. The van der Waals surface area contributed by atoms with Gasteiger partial charge in [-0.3, -0.25) is 14.4 Å². The smallest absolute Gasteiger partial charge is 0.306 e. The third-order valence-corrected chi connectivity index (χ3v) is 14.0. The fraction of sp³-hybridized carbons (Fsp3) is 0.623. The van der Waals surface area contributed by atoms with Crippen molar-refractivity contribution in [2.75, 3.05) is 13.2 Å². The maximum Gasteiger partial charge on any atom is 0.306 e. The first-order chi connectivity index (χ1) is 41.0. The van der Waals surface area contributed by atoms with E-state index in [4.69, 9.17) is 14.2 Å². The third-order valence-electron chi connectivity index (χ3n) is 14.0. The van der Waals surface area contributed by atoms with Gasteiger partial charge in [-0.2, -0.15) is 0 Å². The molecule has 1 atom stereocenters. The molecule has 0 aliphatic carbocycles. The molecule has 0 saturated carbocycles. The van der Waals surface area contributed by atoms with Gasteiger partial charge in [0.15, 0.2) is 6.10 Å². The molecule has 0 aliphatic rings. The Bertz CT molecular complexity index is 1840. The molecule has 0 aromatic heterocycles.